The van der Waals surface area contributed by atoms with E-state index < -0.39 is 11.7 Å². The number of aromatic nitrogens is 1. The zero-order chi connectivity index (χ0) is 10.9. The molecule has 1 heterocycles. The molecular weight excluding hydrogens is 180 g/mol. The summed E-state index contributed by atoms with van der Waals surface area (Å²) in [6.45, 7) is 4.88. The third-order valence-electron chi connectivity index (χ3n) is 2.18. The maximum atomic E-state index is 9.85. The summed E-state index contributed by atoms with van der Waals surface area (Å²) < 4.78 is 0. The molecule has 14 heavy (non-hydrogen) atoms. The number of hydrogen-bond acceptors (Lipinski definition) is 4. The van der Waals surface area contributed by atoms with Gasteiger partial charge in [0.15, 0.2) is 0 Å². The first kappa shape index (κ1) is 10.9. The van der Waals surface area contributed by atoms with Crippen molar-refractivity contribution in [3.63, 3.8) is 0 Å². The molecule has 4 heteroatoms. The normalized spacial score (nSPS) is 14.1. The van der Waals surface area contributed by atoms with E-state index in [9.17, 15) is 10.2 Å². The second-order valence-corrected chi connectivity index (χ2v) is 3.98. The molecule has 0 amide bonds. The van der Waals surface area contributed by atoms with Crippen LogP contribution in [0.5, 0.6) is 0 Å². The number of nitrogens with two attached hydrogens (primary N) is 1. The van der Waals surface area contributed by atoms with Gasteiger partial charge in [0.05, 0.1) is 5.60 Å². The highest BCUT2D eigenvalue weighted by molar-refractivity contribution is 5.46. The highest BCUT2D eigenvalue weighted by Gasteiger charge is 2.29. The van der Waals surface area contributed by atoms with Crippen molar-refractivity contribution in [1.29, 1.82) is 0 Å². The van der Waals surface area contributed by atoms with Crippen LogP contribution in [0.2, 0.25) is 0 Å². The van der Waals surface area contributed by atoms with Gasteiger partial charge in [0.1, 0.15) is 11.9 Å². The molecule has 0 fully saturated rings. The van der Waals surface area contributed by atoms with Gasteiger partial charge >= 0.3 is 0 Å². The Labute approximate surface area is 83.4 Å². The molecule has 0 bridgehead atoms. The molecule has 1 aromatic heterocycles. The fourth-order valence-corrected chi connectivity index (χ4v) is 1.30. The van der Waals surface area contributed by atoms with Crippen LogP contribution >= 0.6 is 0 Å². The molecule has 4 N–H and O–H groups in total. The minimum absolute atomic E-state index is 0.264. The van der Waals surface area contributed by atoms with Gasteiger partial charge in [-0.05, 0) is 32.4 Å². The van der Waals surface area contributed by atoms with Gasteiger partial charge in [0.25, 0.3) is 0 Å². The molecule has 0 aliphatic carbocycles. The van der Waals surface area contributed by atoms with Crippen molar-refractivity contribution >= 4 is 5.82 Å². The van der Waals surface area contributed by atoms with Crippen molar-refractivity contribution in [1.82, 2.24) is 4.98 Å². The molecule has 0 saturated carbocycles. The van der Waals surface area contributed by atoms with Crippen LogP contribution in [0.25, 0.3) is 0 Å². The van der Waals surface area contributed by atoms with Crippen molar-refractivity contribution in [2.24, 2.45) is 0 Å². The number of hydrogen-bond donors (Lipinski definition) is 3. The Hall–Kier alpha value is -1.13. The molecule has 0 aliphatic rings. The highest BCUT2D eigenvalue weighted by Crippen LogP contribution is 2.30. The number of aliphatic hydroxyl groups is 2. The Morgan fingerprint density at radius 2 is 2.07 bits per heavy atom. The van der Waals surface area contributed by atoms with Crippen molar-refractivity contribution in [2.75, 3.05) is 5.73 Å². The Kier molecular flexibility index (Phi) is 2.78. The average molecular weight is 196 g/mol. The van der Waals surface area contributed by atoms with Crippen molar-refractivity contribution in [2.45, 2.75) is 32.5 Å². The predicted octanol–water partition coefficient (Wildman–Crippen LogP) is 0.777. The summed E-state index contributed by atoms with van der Waals surface area (Å²) in [6, 6.07) is 1.75. The third kappa shape index (κ3) is 2.02. The van der Waals surface area contributed by atoms with Gasteiger partial charge < -0.3 is 15.9 Å². The van der Waals surface area contributed by atoms with Crippen LogP contribution in [0.1, 0.15) is 31.1 Å². The lowest BCUT2D eigenvalue weighted by Crippen LogP contribution is -2.30. The fraction of sp³-hybridized carbons (Fsp3) is 0.500. The van der Waals surface area contributed by atoms with Crippen LogP contribution in [-0.4, -0.2) is 20.8 Å². The molecule has 0 aromatic carbocycles. The third-order valence-corrected chi connectivity index (χ3v) is 2.18. The Balaban J connectivity index is 3.19. The molecule has 0 radical (unpaired) electrons. The van der Waals surface area contributed by atoms with Gasteiger partial charge in [0, 0.05) is 11.8 Å². The number of aliphatic hydroxyl groups excluding tert-OH is 1. The zero-order valence-corrected chi connectivity index (χ0v) is 8.65. The highest BCUT2D eigenvalue weighted by atomic mass is 16.3. The maximum absolute atomic E-state index is 9.85. The van der Waals surface area contributed by atoms with Crippen LogP contribution in [0, 0.1) is 6.92 Å². The lowest BCUT2D eigenvalue weighted by molar-refractivity contribution is -0.0497. The van der Waals surface area contributed by atoms with Crippen molar-refractivity contribution in [3.05, 3.63) is 23.4 Å². The lowest BCUT2D eigenvalue weighted by atomic mass is 9.92. The Bertz CT molecular complexity index is 311. The van der Waals surface area contributed by atoms with E-state index in [1.165, 1.54) is 13.8 Å². The van der Waals surface area contributed by atoms with E-state index in [0.717, 1.165) is 5.56 Å². The summed E-state index contributed by atoms with van der Waals surface area (Å²) in [5.41, 5.74) is 5.74. The minimum Gasteiger partial charge on any atom is -0.387 e. The van der Waals surface area contributed by atoms with Crippen molar-refractivity contribution < 1.29 is 10.2 Å². The number of anilines is 1. The first-order valence-corrected chi connectivity index (χ1v) is 4.45. The standard InChI is InChI=1S/C10H16N2O2/c1-6-4-5-12-9(11)7(6)8(13)10(2,3)14/h4-5,8,13-14H,1-3H3,(H2,11,12). The average Bonchev–Trinajstić information content (AvgIpc) is 2.01. The van der Waals surface area contributed by atoms with Crippen LogP contribution < -0.4 is 5.73 Å². The molecule has 0 aliphatic heterocycles. The van der Waals surface area contributed by atoms with Crippen molar-refractivity contribution in [3.8, 4) is 0 Å². The monoisotopic (exact) mass is 196 g/mol. The van der Waals surface area contributed by atoms with Gasteiger partial charge in [0.2, 0.25) is 0 Å². The first-order chi connectivity index (χ1) is 6.34. The molecule has 4 nitrogen and oxygen atoms in total. The number of pyridine rings is 1. The molecule has 1 rings (SSSR count). The number of nitrogens with zero attached hydrogens (tertiary/aromatic N) is 1. The number of nitrogen functional groups attached to an aromatic ring is 1. The molecule has 1 atom stereocenters. The van der Waals surface area contributed by atoms with E-state index in [0.29, 0.717) is 5.56 Å². The molecule has 78 valence electrons. The minimum atomic E-state index is -1.22. The quantitative estimate of drug-likeness (QED) is 0.653. The molecular formula is C10H16N2O2. The van der Waals surface area contributed by atoms with E-state index in [4.69, 9.17) is 5.73 Å². The zero-order valence-electron chi connectivity index (χ0n) is 8.65. The maximum Gasteiger partial charge on any atom is 0.129 e. The van der Waals surface area contributed by atoms with E-state index in [2.05, 4.69) is 4.98 Å². The van der Waals surface area contributed by atoms with Gasteiger partial charge in [-0.25, -0.2) is 4.98 Å². The molecule has 1 aromatic rings. The summed E-state index contributed by atoms with van der Waals surface area (Å²) >= 11 is 0. The van der Waals surface area contributed by atoms with Crippen LogP contribution in [0.15, 0.2) is 12.3 Å². The molecule has 0 spiro atoms. The van der Waals surface area contributed by atoms with Crippen LogP contribution in [-0.2, 0) is 0 Å². The van der Waals surface area contributed by atoms with E-state index in [1.54, 1.807) is 12.3 Å². The number of rotatable bonds is 2. The van der Waals surface area contributed by atoms with Gasteiger partial charge in [-0.15, -0.1) is 0 Å². The van der Waals surface area contributed by atoms with Crippen LogP contribution in [0.3, 0.4) is 0 Å². The summed E-state index contributed by atoms with van der Waals surface area (Å²) in [7, 11) is 0. The Morgan fingerprint density at radius 1 is 1.50 bits per heavy atom. The second-order valence-electron chi connectivity index (χ2n) is 3.98. The summed E-state index contributed by atoms with van der Waals surface area (Å²) in [6.07, 6.45) is 0.557. The van der Waals surface area contributed by atoms with Gasteiger partial charge in [-0.2, -0.15) is 0 Å². The lowest BCUT2D eigenvalue weighted by Gasteiger charge is -2.26. The SMILES string of the molecule is Cc1ccnc(N)c1C(O)C(C)(C)O. The summed E-state index contributed by atoms with van der Waals surface area (Å²) in [5.74, 6) is 0.264. The number of aryl methyl sites for hydroxylation is 1. The Morgan fingerprint density at radius 3 is 2.50 bits per heavy atom. The van der Waals surface area contributed by atoms with E-state index >= 15 is 0 Å². The summed E-state index contributed by atoms with van der Waals surface area (Å²) in [5, 5.41) is 19.5. The van der Waals surface area contributed by atoms with Crippen LogP contribution in [0.4, 0.5) is 5.82 Å². The molecule has 1 unspecified atom stereocenters. The predicted molar refractivity (Wildman–Crippen MR) is 54.6 cm³/mol. The second kappa shape index (κ2) is 3.55. The topological polar surface area (TPSA) is 79.4 Å². The first-order valence-electron chi connectivity index (χ1n) is 4.45. The summed E-state index contributed by atoms with van der Waals surface area (Å²) in [4.78, 5) is 3.88. The van der Waals surface area contributed by atoms with Gasteiger partial charge in [-0.3, -0.25) is 0 Å². The van der Waals surface area contributed by atoms with E-state index in [-0.39, 0.29) is 5.82 Å². The van der Waals surface area contributed by atoms with Gasteiger partial charge in [-0.1, -0.05) is 0 Å². The smallest absolute Gasteiger partial charge is 0.129 e. The fourth-order valence-electron chi connectivity index (χ4n) is 1.30. The largest absolute Gasteiger partial charge is 0.387 e. The van der Waals surface area contributed by atoms with E-state index in [1.807, 2.05) is 6.92 Å². The molecule has 0 saturated heterocycles.